The van der Waals surface area contributed by atoms with Crippen LogP contribution in [0, 0.1) is 17.2 Å². The van der Waals surface area contributed by atoms with Crippen molar-refractivity contribution in [1.29, 1.82) is 5.26 Å². The second-order valence-electron chi connectivity index (χ2n) is 4.72. The molecule has 0 fully saturated rings. The maximum atomic E-state index is 12.4. The van der Waals surface area contributed by atoms with Crippen LogP contribution in [-0.2, 0) is 4.79 Å². The summed E-state index contributed by atoms with van der Waals surface area (Å²) < 4.78 is 5.28. The van der Waals surface area contributed by atoms with Gasteiger partial charge in [-0.1, -0.05) is 31.5 Å². The average Bonchev–Trinajstić information content (AvgIpc) is 2.92. The molecular formula is C16H16N2O3. The van der Waals surface area contributed by atoms with Crippen molar-refractivity contribution in [2.75, 3.05) is 6.54 Å². The summed E-state index contributed by atoms with van der Waals surface area (Å²) in [5, 5.41) is 12.4. The Labute approximate surface area is 122 Å². The van der Waals surface area contributed by atoms with E-state index in [2.05, 4.69) is 5.32 Å². The van der Waals surface area contributed by atoms with Gasteiger partial charge in [-0.2, -0.15) is 5.26 Å². The van der Waals surface area contributed by atoms with Gasteiger partial charge in [0.05, 0.1) is 11.6 Å². The Balaban J connectivity index is 2.21. The molecule has 1 amide bonds. The van der Waals surface area contributed by atoms with Crippen LogP contribution in [0.1, 0.15) is 30.1 Å². The summed E-state index contributed by atoms with van der Waals surface area (Å²) in [5.41, 5.74) is 0.826. The lowest BCUT2D eigenvalue weighted by Crippen LogP contribution is -2.35. The zero-order valence-electron chi connectivity index (χ0n) is 11.8. The van der Waals surface area contributed by atoms with E-state index in [1.54, 1.807) is 30.3 Å². The first-order valence-corrected chi connectivity index (χ1v) is 6.86. The molecule has 0 radical (unpaired) electrons. The minimum Gasteiger partial charge on any atom is -0.464 e. The van der Waals surface area contributed by atoms with Crippen LogP contribution in [0.3, 0.4) is 0 Å². The minimum atomic E-state index is -1.34. The largest absolute Gasteiger partial charge is 0.464 e. The van der Waals surface area contributed by atoms with Crippen LogP contribution in [0.5, 0.6) is 0 Å². The van der Waals surface area contributed by atoms with Gasteiger partial charge in [0.2, 0.25) is 5.91 Å². The van der Waals surface area contributed by atoms with Crippen molar-refractivity contribution in [2.45, 2.75) is 19.8 Å². The minimum absolute atomic E-state index is 0.266. The van der Waals surface area contributed by atoms with Crippen molar-refractivity contribution >= 4 is 22.7 Å². The number of benzene rings is 1. The fourth-order valence-corrected chi connectivity index (χ4v) is 2.05. The van der Waals surface area contributed by atoms with E-state index in [0.717, 1.165) is 12.8 Å². The number of Topliss-reactive ketones (excluding diaryl/α,β-unsaturated/α-hetero) is 1. The van der Waals surface area contributed by atoms with Gasteiger partial charge in [-0.15, -0.1) is 0 Å². The Kier molecular flexibility index (Phi) is 4.72. The molecule has 108 valence electrons. The normalized spacial score (nSPS) is 11.8. The van der Waals surface area contributed by atoms with Crippen molar-refractivity contribution < 1.29 is 14.0 Å². The number of furan rings is 1. The SMILES string of the molecule is CCCCNC(=O)[C@@H](C#N)C(=O)c1coc2ccccc12. The summed E-state index contributed by atoms with van der Waals surface area (Å²) in [6.45, 7) is 2.46. The van der Waals surface area contributed by atoms with Gasteiger partial charge in [0.1, 0.15) is 11.8 Å². The molecule has 0 unspecified atom stereocenters. The molecule has 0 saturated carbocycles. The zero-order chi connectivity index (χ0) is 15.2. The third-order valence-corrected chi connectivity index (χ3v) is 3.23. The predicted molar refractivity (Wildman–Crippen MR) is 77.6 cm³/mol. The first kappa shape index (κ1) is 14.8. The number of para-hydroxylation sites is 1. The Morgan fingerprint density at radius 3 is 2.86 bits per heavy atom. The van der Waals surface area contributed by atoms with Crippen LogP contribution >= 0.6 is 0 Å². The molecule has 0 bridgehead atoms. The summed E-state index contributed by atoms with van der Waals surface area (Å²) in [6.07, 6.45) is 3.04. The molecule has 5 heteroatoms. The van der Waals surface area contributed by atoms with Crippen LogP contribution in [-0.4, -0.2) is 18.2 Å². The smallest absolute Gasteiger partial charge is 0.245 e. The van der Waals surface area contributed by atoms with Crippen molar-refractivity contribution in [2.24, 2.45) is 5.92 Å². The lowest BCUT2D eigenvalue weighted by molar-refractivity contribution is -0.122. The maximum Gasteiger partial charge on any atom is 0.245 e. The number of hydrogen-bond acceptors (Lipinski definition) is 4. The van der Waals surface area contributed by atoms with E-state index in [9.17, 15) is 9.59 Å². The van der Waals surface area contributed by atoms with Crippen LogP contribution in [0.15, 0.2) is 34.9 Å². The second-order valence-corrected chi connectivity index (χ2v) is 4.72. The summed E-state index contributed by atoms with van der Waals surface area (Å²) in [6, 6.07) is 8.81. The van der Waals surface area contributed by atoms with Gasteiger partial charge < -0.3 is 9.73 Å². The molecule has 1 atom stereocenters. The molecule has 1 N–H and O–H groups in total. The van der Waals surface area contributed by atoms with Gasteiger partial charge >= 0.3 is 0 Å². The summed E-state index contributed by atoms with van der Waals surface area (Å²) in [5.74, 6) is -2.43. The van der Waals surface area contributed by atoms with Crippen LogP contribution in [0.25, 0.3) is 11.0 Å². The van der Waals surface area contributed by atoms with Gasteiger partial charge in [0, 0.05) is 11.9 Å². The number of nitrogens with zero attached hydrogens (tertiary/aromatic N) is 1. The van der Waals surface area contributed by atoms with E-state index in [4.69, 9.17) is 9.68 Å². The number of carbonyl (C=O) groups is 2. The standard InChI is InChI=1S/C16H16N2O3/c1-2-3-8-18-16(20)12(9-17)15(19)13-10-21-14-7-5-4-6-11(13)14/h4-7,10,12H,2-3,8H2,1H3,(H,18,20)/t12-/m0/s1. The average molecular weight is 284 g/mol. The van der Waals surface area contributed by atoms with Gasteiger partial charge in [-0.05, 0) is 12.5 Å². The number of unbranched alkanes of at least 4 members (excludes halogenated alkanes) is 1. The predicted octanol–water partition coefficient (Wildman–Crippen LogP) is 2.67. The van der Waals surface area contributed by atoms with Crippen LogP contribution < -0.4 is 5.32 Å². The zero-order valence-corrected chi connectivity index (χ0v) is 11.8. The van der Waals surface area contributed by atoms with Gasteiger partial charge in [0.25, 0.3) is 0 Å². The molecule has 1 aromatic heterocycles. The lowest BCUT2D eigenvalue weighted by atomic mass is 9.97. The number of carbonyl (C=O) groups excluding carboxylic acids is 2. The van der Waals surface area contributed by atoms with Crippen molar-refractivity contribution in [3.63, 3.8) is 0 Å². The fraction of sp³-hybridized carbons (Fsp3) is 0.312. The number of fused-ring (bicyclic) bond motifs is 1. The number of nitriles is 1. The number of rotatable bonds is 6. The Morgan fingerprint density at radius 2 is 2.14 bits per heavy atom. The topological polar surface area (TPSA) is 83.1 Å². The van der Waals surface area contributed by atoms with E-state index in [1.807, 2.05) is 6.92 Å². The molecule has 5 nitrogen and oxygen atoms in total. The first-order valence-electron chi connectivity index (χ1n) is 6.86. The third kappa shape index (κ3) is 3.11. The molecular weight excluding hydrogens is 268 g/mol. The number of amides is 1. The highest BCUT2D eigenvalue weighted by Crippen LogP contribution is 2.23. The van der Waals surface area contributed by atoms with E-state index in [0.29, 0.717) is 17.5 Å². The number of hydrogen-bond donors (Lipinski definition) is 1. The van der Waals surface area contributed by atoms with Crippen LogP contribution in [0.4, 0.5) is 0 Å². The quantitative estimate of drug-likeness (QED) is 0.502. The molecule has 0 aliphatic carbocycles. The van der Waals surface area contributed by atoms with Crippen molar-refractivity contribution in [1.82, 2.24) is 5.32 Å². The first-order chi connectivity index (χ1) is 10.2. The summed E-state index contributed by atoms with van der Waals surface area (Å²) in [7, 11) is 0. The summed E-state index contributed by atoms with van der Waals surface area (Å²) >= 11 is 0. The monoisotopic (exact) mass is 284 g/mol. The van der Waals surface area contributed by atoms with Crippen molar-refractivity contribution in [3.8, 4) is 6.07 Å². The highest BCUT2D eigenvalue weighted by atomic mass is 16.3. The van der Waals surface area contributed by atoms with Crippen LogP contribution in [0.2, 0.25) is 0 Å². The molecule has 1 heterocycles. The van der Waals surface area contributed by atoms with Crippen molar-refractivity contribution in [3.05, 3.63) is 36.1 Å². The Bertz CT molecular complexity index is 697. The van der Waals surface area contributed by atoms with E-state index in [-0.39, 0.29) is 5.56 Å². The van der Waals surface area contributed by atoms with Gasteiger partial charge in [0.15, 0.2) is 11.7 Å². The highest BCUT2D eigenvalue weighted by Gasteiger charge is 2.29. The molecule has 0 aliphatic heterocycles. The van der Waals surface area contributed by atoms with E-state index < -0.39 is 17.6 Å². The third-order valence-electron chi connectivity index (χ3n) is 3.23. The molecule has 0 spiro atoms. The number of nitrogens with one attached hydrogen (secondary N) is 1. The maximum absolute atomic E-state index is 12.4. The number of ketones is 1. The second kappa shape index (κ2) is 6.71. The molecule has 2 rings (SSSR count). The summed E-state index contributed by atoms with van der Waals surface area (Å²) in [4.78, 5) is 24.3. The lowest BCUT2D eigenvalue weighted by Gasteiger charge is -2.08. The molecule has 2 aromatic rings. The highest BCUT2D eigenvalue weighted by molar-refractivity contribution is 6.17. The van der Waals surface area contributed by atoms with E-state index in [1.165, 1.54) is 6.26 Å². The molecule has 1 aromatic carbocycles. The Morgan fingerprint density at radius 1 is 1.38 bits per heavy atom. The molecule has 21 heavy (non-hydrogen) atoms. The molecule has 0 aliphatic rings. The molecule has 0 saturated heterocycles. The Hall–Kier alpha value is -2.61. The fourth-order valence-electron chi connectivity index (χ4n) is 2.05. The van der Waals surface area contributed by atoms with Gasteiger partial charge in [-0.3, -0.25) is 9.59 Å². The van der Waals surface area contributed by atoms with E-state index >= 15 is 0 Å². The van der Waals surface area contributed by atoms with Gasteiger partial charge in [-0.25, -0.2) is 0 Å².